The highest BCUT2D eigenvalue weighted by molar-refractivity contribution is 5.95. The summed E-state index contributed by atoms with van der Waals surface area (Å²) >= 11 is 0. The van der Waals surface area contributed by atoms with Crippen LogP contribution in [0.5, 0.6) is 0 Å². The summed E-state index contributed by atoms with van der Waals surface area (Å²) in [6.45, 7) is 12.4. The van der Waals surface area contributed by atoms with Crippen molar-refractivity contribution >= 4 is 30.5 Å². The largest absolute Gasteiger partial charge is 0.481 e. The van der Waals surface area contributed by atoms with E-state index in [1.54, 1.807) is 6.92 Å². The maximum atomic E-state index is 11.3. The average Bonchev–Trinajstić information content (AvgIpc) is 2.89. The van der Waals surface area contributed by atoms with Crippen LogP contribution >= 0.6 is 0 Å². The van der Waals surface area contributed by atoms with Crippen LogP contribution in [-0.2, 0) is 19.8 Å². The fourth-order valence-electron chi connectivity index (χ4n) is 3.82. The van der Waals surface area contributed by atoms with E-state index in [0.29, 0.717) is 0 Å². The zero-order valence-electron chi connectivity index (χ0n) is 20.6. The molecule has 0 saturated carbocycles. The molecule has 1 unspecified atom stereocenters. The Morgan fingerprint density at radius 1 is 0.829 bits per heavy atom. The first-order valence-corrected chi connectivity index (χ1v) is 11.1. The van der Waals surface area contributed by atoms with Gasteiger partial charge in [0.25, 0.3) is 0 Å². The van der Waals surface area contributed by atoms with E-state index in [4.69, 9.17) is 9.59 Å². The first-order chi connectivity index (χ1) is 16.7. The number of carbonyl (C=O) groups is 3. The van der Waals surface area contributed by atoms with Crippen molar-refractivity contribution in [1.29, 1.82) is 0 Å². The molecule has 0 fully saturated rings. The van der Waals surface area contributed by atoms with Crippen LogP contribution in [0.1, 0.15) is 44.7 Å². The third-order valence-electron chi connectivity index (χ3n) is 5.86. The smallest absolute Gasteiger partial charge is 0.310 e. The Morgan fingerprint density at radius 2 is 1.46 bits per heavy atom. The van der Waals surface area contributed by atoms with Gasteiger partial charge in [-0.05, 0) is 64.4 Å². The van der Waals surface area contributed by atoms with E-state index >= 15 is 0 Å². The van der Waals surface area contributed by atoms with E-state index in [0.717, 1.165) is 38.7 Å². The highest BCUT2D eigenvalue weighted by atomic mass is 16.4. The van der Waals surface area contributed by atoms with Gasteiger partial charge in [-0.25, -0.2) is 0 Å². The Hall–Kier alpha value is -4.12. The molecule has 35 heavy (non-hydrogen) atoms. The lowest BCUT2D eigenvalue weighted by Crippen LogP contribution is -2.11. The SMILES string of the molecule is C=O.C=O.CC(C(=O)O)c1ccc(-c2cccc(-c3cc(C(C)(C)C)cc4cccnc34)c2)cc1. The van der Waals surface area contributed by atoms with Gasteiger partial charge in [-0.15, -0.1) is 0 Å². The second-order valence-electron chi connectivity index (χ2n) is 9.11. The van der Waals surface area contributed by atoms with Crippen molar-refractivity contribution < 1.29 is 19.5 Å². The molecule has 1 heterocycles. The van der Waals surface area contributed by atoms with Crippen LogP contribution in [0.15, 0.2) is 79.0 Å². The Labute approximate surface area is 206 Å². The quantitative estimate of drug-likeness (QED) is 0.360. The average molecular weight is 470 g/mol. The minimum absolute atomic E-state index is 0.0348. The molecule has 0 spiro atoms. The van der Waals surface area contributed by atoms with Gasteiger partial charge in [0.1, 0.15) is 13.6 Å². The first kappa shape index (κ1) is 27.1. The molecule has 180 valence electrons. The van der Waals surface area contributed by atoms with Crippen LogP contribution in [0, 0.1) is 0 Å². The first-order valence-electron chi connectivity index (χ1n) is 11.1. The van der Waals surface area contributed by atoms with Crippen molar-refractivity contribution in [3.63, 3.8) is 0 Å². The predicted octanol–water partition coefficient (Wildman–Crippen LogP) is 6.68. The molecule has 0 aliphatic carbocycles. The molecule has 1 N–H and O–H groups in total. The fraction of sp³-hybridized carbons (Fsp3) is 0.200. The number of rotatable bonds is 4. The molecule has 4 aromatic rings. The second-order valence-corrected chi connectivity index (χ2v) is 9.11. The highest BCUT2D eigenvalue weighted by Crippen LogP contribution is 2.35. The van der Waals surface area contributed by atoms with Crippen LogP contribution in [0.25, 0.3) is 33.2 Å². The molecule has 0 saturated heterocycles. The molecule has 4 rings (SSSR count). The van der Waals surface area contributed by atoms with Crippen molar-refractivity contribution in [2.24, 2.45) is 0 Å². The number of carbonyl (C=O) groups excluding carboxylic acids is 2. The monoisotopic (exact) mass is 469 g/mol. The number of hydrogen-bond donors (Lipinski definition) is 1. The molecule has 1 aromatic heterocycles. The number of aromatic nitrogens is 1. The summed E-state index contributed by atoms with van der Waals surface area (Å²) in [7, 11) is 0. The van der Waals surface area contributed by atoms with Crippen molar-refractivity contribution in [3.8, 4) is 22.3 Å². The third-order valence-corrected chi connectivity index (χ3v) is 5.86. The molecular weight excluding hydrogens is 438 g/mol. The third kappa shape index (κ3) is 6.27. The lowest BCUT2D eigenvalue weighted by molar-refractivity contribution is -0.138. The number of fused-ring (bicyclic) bond motifs is 1. The van der Waals surface area contributed by atoms with Gasteiger partial charge in [0.2, 0.25) is 0 Å². The van der Waals surface area contributed by atoms with Crippen LogP contribution < -0.4 is 0 Å². The lowest BCUT2D eigenvalue weighted by Gasteiger charge is -2.21. The van der Waals surface area contributed by atoms with Crippen molar-refractivity contribution in [2.75, 3.05) is 0 Å². The molecule has 0 bridgehead atoms. The summed E-state index contributed by atoms with van der Waals surface area (Å²) < 4.78 is 0. The predicted molar refractivity (Wildman–Crippen MR) is 142 cm³/mol. The van der Waals surface area contributed by atoms with Gasteiger partial charge in [-0.1, -0.05) is 69.3 Å². The van der Waals surface area contributed by atoms with E-state index in [1.165, 1.54) is 5.56 Å². The molecule has 0 aliphatic heterocycles. The number of pyridine rings is 1. The number of carboxylic acids is 1. The highest BCUT2D eigenvalue weighted by Gasteiger charge is 2.18. The molecule has 1 atom stereocenters. The van der Waals surface area contributed by atoms with Gasteiger partial charge in [0, 0.05) is 17.1 Å². The standard InChI is InChI=1S/C28H27NO2.2CH2O/c1-18(27(30)31)19-10-12-20(13-11-19)21-7-5-8-22(15-21)25-17-24(28(2,3)4)16-23-9-6-14-29-26(23)25;2*1-2/h5-18H,1-4H3,(H,30,31);2*1H2. The normalized spacial score (nSPS) is 11.4. The van der Waals surface area contributed by atoms with Crippen molar-refractivity contribution in [3.05, 3.63) is 90.1 Å². The van der Waals surface area contributed by atoms with E-state index in [-0.39, 0.29) is 5.41 Å². The minimum Gasteiger partial charge on any atom is -0.481 e. The summed E-state index contributed by atoms with van der Waals surface area (Å²) in [5.41, 5.74) is 7.52. The van der Waals surface area contributed by atoms with Gasteiger partial charge in [0.15, 0.2) is 0 Å². The maximum absolute atomic E-state index is 11.3. The number of carboxylic acid groups (broad SMARTS) is 1. The van der Waals surface area contributed by atoms with Gasteiger partial charge in [-0.3, -0.25) is 9.78 Å². The van der Waals surface area contributed by atoms with Crippen LogP contribution in [-0.4, -0.2) is 29.6 Å². The zero-order valence-corrected chi connectivity index (χ0v) is 20.6. The van der Waals surface area contributed by atoms with E-state index in [1.807, 2.05) is 50.1 Å². The second kappa shape index (κ2) is 11.8. The Morgan fingerprint density at radius 3 is 2.06 bits per heavy atom. The van der Waals surface area contributed by atoms with Gasteiger partial charge in [-0.2, -0.15) is 0 Å². The summed E-state index contributed by atoms with van der Waals surface area (Å²) in [5, 5.41) is 10.4. The summed E-state index contributed by atoms with van der Waals surface area (Å²) in [6, 6.07) is 24.8. The van der Waals surface area contributed by atoms with Gasteiger partial charge in [0.05, 0.1) is 11.4 Å². The van der Waals surface area contributed by atoms with Gasteiger partial charge >= 0.3 is 5.97 Å². The van der Waals surface area contributed by atoms with Gasteiger partial charge < -0.3 is 14.7 Å². The maximum Gasteiger partial charge on any atom is 0.310 e. The Balaban J connectivity index is 0.00000103. The molecule has 0 radical (unpaired) electrons. The molecule has 5 heteroatoms. The molecule has 5 nitrogen and oxygen atoms in total. The number of nitrogens with zero attached hydrogens (tertiary/aromatic N) is 1. The lowest BCUT2D eigenvalue weighted by atomic mass is 9.84. The topological polar surface area (TPSA) is 84.3 Å². The van der Waals surface area contributed by atoms with E-state index in [2.05, 4.69) is 68.2 Å². The summed E-state index contributed by atoms with van der Waals surface area (Å²) in [6.07, 6.45) is 1.84. The number of hydrogen-bond acceptors (Lipinski definition) is 4. The minimum atomic E-state index is -0.812. The van der Waals surface area contributed by atoms with Crippen molar-refractivity contribution in [1.82, 2.24) is 4.98 Å². The summed E-state index contributed by atoms with van der Waals surface area (Å²) in [5.74, 6) is -1.33. The van der Waals surface area contributed by atoms with Crippen LogP contribution in [0.3, 0.4) is 0 Å². The summed E-state index contributed by atoms with van der Waals surface area (Å²) in [4.78, 5) is 31.9. The molecular formula is C30H31NO4. The molecule has 0 amide bonds. The zero-order chi connectivity index (χ0) is 26.2. The Kier molecular flexibility index (Phi) is 9.18. The molecule has 0 aliphatic rings. The number of aliphatic carboxylic acids is 1. The van der Waals surface area contributed by atoms with E-state index in [9.17, 15) is 9.90 Å². The number of benzene rings is 3. The molecule has 3 aromatic carbocycles. The van der Waals surface area contributed by atoms with Crippen LogP contribution in [0.4, 0.5) is 0 Å². The van der Waals surface area contributed by atoms with E-state index < -0.39 is 11.9 Å². The Bertz CT molecular complexity index is 1290. The fourth-order valence-corrected chi connectivity index (χ4v) is 3.82. The van der Waals surface area contributed by atoms with Crippen LogP contribution in [0.2, 0.25) is 0 Å². The van der Waals surface area contributed by atoms with Crippen molar-refractivity contribution in [2.45, 2.75) is 39.0 Å².